The second kappa shape index (κ2) is 5.95. The van der Waals surface area contributed by atoms with E-state index in [0.29, 0.717) is 11.3 Å². The van der Waals surface area contributed by atoms with Gasteiger partial charge in [0.2, 0.25) is 0 Å². The number of carboxylic acid groups (broad SMARTS) is 1. The molecule has 0 aliphatic rings. The SMILES string of the molecule is COc1c(C)cc(Br)c(C)c1C(=O)CC(C)(C)C(=O)O. The summed E-state index contributed by atoms with van der Waals surface area (Å²) in [5, 5.41) is 9.15. The molecule has 4 nitrogen and oxygen atoms in total. The Bertz CT molecular complexity index is 561. The second-order valence-electron chi connectivity index (χ2n) is 5.50. The van der Waals surface area contributed by atoms with Crippen LogP contribution in [-0.2, 0) is 4.79 Å². The molecular formula is C15H19BrO4. The summed E-state index contributed by atoms with van der Waals surface area (Å²) in [6, 6.07) is 1.88. The molecule has 0 aliphatic carbocycles. The fourth-order valence-corrected chi connectivity index (χ4v) is 2.56. The van der Waals surface area contributed by atoms with Crippen molar-refractivity contribution in [3.8, 4) is 5.75 Å². The van der Waals surface area contributed by atoms with Crippen LogP contribution in [0.3, 0.4) is 0 Å². The van der Waals surface area contributed by atoms with E-state index in [1.165, 1.54) is 7.11 Å². The fraction of sp³-hybridized carbons (Fsp3) is 0.467. The highest BCUT2D eigenvalue weighted by Gasteiger charge is 2.32. The number of Topliss-reactive ketones (excluding diaryl/α,β-unsaturated/α-hetero) is 1. The van der Waals surface area contributed by atoms with Crippen LogP contribution in [0.5, 0.6) is 5.75 Å². The first kappa shape index (κ1) is 16.7. The van der Waals surface area contributed by atoms with Crippen molar-refractivity contribution in [3.05, 3.63) is 27.2 Å². The normalized spacial score (nSPS) is 11.3. The largest absolute Gasteiger partial charge is 0.496 e. The summed E-state index contributed by atoms with van der Waals surface area (Å²) in [4.78, 5) is 23.7. The Morgan fingerprint density at radius 2 is 1.90 bits per heavy atom. The van der Waals surface area contributed by atoms with Crippen LogP contribution in [0.4, 0.5) is 0 Å². The first-order valence-electron chi connectivity index (χ1n) is 6.22. The van der Waals surface area contributed by atoms with Crippen molar-refractivity contribution in [2.24, 2.45) is 5.41 Å². The summed E-state index contributed by atoms with van der Waals surface area (Å²) in [5.74, 6) is -0.706. The number of hydrogen-bond acceptors (Lipinski definition) is 3. The van der Waals surface area contributed by atoms with Gasteiger partial charge < -0.3 is 9.84 Å². The minimum atomic E-state index is -1.11. The molecule has 20 heavy (non-hydrogen) atoms. The Morgan fingerprint density at radius 3 is 2.35 bits per heavy atom. The number of ether oxygens (including phenoxy) is 1. The predicted octanol–water partition coefficient (Wildman–Crippen LogP) is 3.76. The number of halogens is 1. The van der Waals surface area contributed by atoms with E-state index in [9.17, 15) is 9.59 Å². The fourth-order valence-electron chi connectivity index (χ4n) is 2.01. The number of methoxy groups -OCH3 is 1. The van der Waals surface area contributed by atoms with E-state index < -0.39 is 11.4 Å². The molecule has 0 fully saturated rings. The van der Waals surface area contributed by atoms with Crippen LogP contribution in [0, 0.1) is 19.3 Å². The van der Waals surface area contributed by atoms with Crippen molar-refractivity contribution >= 4 is 27.7 Å². The smallest absolute Gasteiger partial charge is 0.309 e. The first-order chi connectivity index (χ1) is 9.11. The molecule has 0 bridgehead atoms. The van der Waals surface area contributed by atoms with Gasteiger partial charge in [-0.05, 0) is 44.9 Å². The Hall–Kier alpha value is -1.36. The summed E-state index contributed by atoms with van der Waals surface area (Å²) in [6.45, 7) is 6.75. The topological polar surface area (TPSA) is 63.6 Å². The van der Waals surface area contributed by atoms with Crippen molar-refractivity contribution in [2.75, 3.05) is 7.11 Å². The predicted molar refractivity (Wildman–Crippen MR) is 80.5 cm³/mol. The summed E-state index contributed by atoms with van der Waals surface area (Å²) >= 11 is 3.41. The molecule has 1 rings (SSSR count). The van der Waals surface area contributed by atoms with Gasteiger partial charge in [0, 0.05) is 10.9 Å². The second-order valence-corrected chi connectivity index (χ2v) is 6.35. The molecule has 5 heteroatoms. The zero-order valence-corrected chi connectivity index (χ0v) is 13.9. The third kappa shape index (κ3) is 3.20. The van der Waals surface area contributed by atoms with Gasteiger partial charge >= 0.3 is 5.97 Å². The zero-order chi connectivity index (χ0) is 15.7. The number of ketones is 1. The molecule has 1 aromatic rings. The highest BCUT2D eigenvalue weighted by atomic mass is 79.9. The molecule has 0 amide bonds. The molecule has 0 aliphatic heterocycles. The Kier molecular flexibility index (Phi) is 4.97. The standard InChI is InChI=1S/C15H19BrO4/c1-8-6-10(16)9(2)12(13(8)20-5)11(17)7-15(3,4)14(18)19/h6H,7H2,1-5H3,(H,18,19). The average molecular weight is 343 g/mol. The van der Waals surface area contributed by atoms with Crippen molar-refractivity contribution in [1.29, 1.82) is 0 Å². The van der Waals surface area contributed by atoms with E-state index in [0.717, 1.165) is 15.6 Å². The highest BCUT2D eigenvalue weighted by molar-refractivity contribution is 9.10. The summed E-state index contributed by atoms with van der Waals surface area (Å²) < 4.78 is 6.13. The Labute approximate surface area is 127 Å². The van der Waals surface area contributed by atoms with Gasteiger partial charge in [-0.25, -0.2) is 0 Å². The number of hydrogen-bond donors (Lipinski definition) is 1. The van der Waals surface area contributed by atoms with E-state index in [-0.39, 0.29) is 12.2 Å². The van der Waals surface area contributed by atoms with E-state index in [1.807, 2.05) is 19.9 Å². The molecule has 110 valence electrons. The maximum Gasteiger partial charge on any atom is 0.309 e. The molecule has 0 unspecified atom stereocenters. The number of rotatable bonds is 5. The first-order valence-corrected chi connectivity index (χ1v) is 7.01. The highest BCUT2D eigenvalue weighted by Crippen LogP contribution is 2.35. The third-order valence-electron chi connectivity index (χ3n) is 3.33. The maximum absolute atomic E-state index is 12.5. The Morgan fingerprint density at radius 1 is 1.35 bits per heavy atom. The lowest BCUT2D eigenvalue weighted by Crippen LogP contribution is -2.27. The number of carboxylic acids is 1. The van der Waals surface area contributed by atoms with E-state index in [4.69, 9.17) is 9.84 Å². The molecule has 0 aromatic heterocycles. The molecular weight excluding hydrogens is 324 g/mol. The van der Waals surface area contributed by atoms with Crippen LogP contribution in [0.25, 0.3) is 0 Å². The van der Waals surface area contributed by atoms with Gasteiger partial charge in [-0.15, -0.1) is 0 Å². The van der Waals surface area contributed by atoms with E-state index in [1.54, 1.807) is 13.8 Å². The van der Waals surface area contributed by atoms with Crippen LogP contribution in [0.15, 0.2) is 10.5 Å². The summed E-state index contributed by atoms with van der Waals surface area (Å²) in [6.07, 6.45) is -0.0740. The minimum Gasteiger partial charge on any atom is -0.496 e. The third-order valence-corrected chi connectivity index (χ3v) is 4.15. The van der Waals surface area contributed by atoms with Crippen LogP contribution in [0.1, 0.15) is 41.8 Å². The van der Waals surface area contributed by atoms with Crippen molar-refractivity contribution in [2.45, 2.75) is 34.1 Å². The molecule has 0 heterocycles. The van der Waals surface area contributed by atoms with Crippen molar-refractivity contribution in [3.63, 3.8) is 0 Å². The number of carbonyl (C=O) groups is 2. The molecule has 0 saturated carbocycles. The average Bonchev–Trinajstić information content (AvgIpc) is 2.32. The molecule has 0 radical (unpaired) electrons. The van der Waals surface area contributed by atoms with Crippen molar-refractivity contribution < 1.29 is 19.4 Å². The Balaban J connectivity index is 3.32. The van der Waals surface area contributed by atoms with Gasteiger partial charge in [-0.2, -0.15) is 0 Å². The number of carbonyl (C=O) groups excluding carboxylic acids is 1. The molecule has 0 spiro atoms. The van der Waals surface area contributed by atoms with E-state index in [2.05, 4.69) is 15.9 Å². The summed E-state index contributed by atoms with van der Waals surface area (Å²) in [7, 11) is 1.51. The molecule has 1 aromatic carbocycles. The van der Waals surface area contributed by atoms with Gasteiger partial charge in [0.1, 0.15) is 5.75 Å². The lowest BCUT2D eigenvalue weighted by atomic mass is 9.84. The van der Waals surface area contributed by atoms with Gasteiger partial charge in [0.25, 0.3) is 0 Å². The van der Waals surface area contributed by atoms with Crippen LogP contribution < -0.4 is 4.74 Å². The van der Waals surface area contributed by atoms with Crippen molar-refractivity contribution in [1.82, 2.24) is 0 Å². The van der Waals surface area contributed by atoms with Crippen LogP contribution in [-0.4, -0.2) is 24.0 Å². The number of aryl methyl sites for hydroxylation is 1. The van der Waals surface area contributed by atoms with Crippen LogP contribution >= 0.6 is 15.9 Å². The zero-order valence-electron chi connectivity index (χ0n) is 12.3. The lowest BCUT2D eigenvalue weighted by Gasteiger charge is -2.20. The molecule has 0 saturated heterocycles. The van der Waals surface area contributed by atoms with E-state index >= 15 is 0 Å². The van der Waals surface area contributed by atoms with Gasteiger partial charge in [0.05, 0.1) is 18.1 Å². The molecule has 1 N–H and O–H groups in total. The quantitative estimate of drug-likeness (QED) is 0.827. The number of aliphatic carboxylic acids is 1. The monoisotopic (exact) mass is 342 g/mol. The number of benzene rings is 1. The lowest BCUT2D eigenvalue weighted by molar-refractivity contribution is -0.146. The van der Waals surface area contributed by atoms with Gasteiger partial charge in [-0.3, -0.25) is 9.59 Å². The van der Waals surface area contributed by atoms with Gasteiger partial charge in [-0.1, -0.05) is 15.9 Å². The van der Waals surface area contributed by atoms with Crippen LogP contribution in [0.2, 0.25) is 0 Å². The maximum atomic E-state index is 12.5. The van der Waals surface area contributed by atoms with Gasteiger partial charge in [0.15, 0.2) is 5.78 Å². The minimum absolute atomic E-state index is 0.0740. The molecule has 0 atom stereocenters. The summed E-state index contributed by atoms with van der Waals surface area (Å²) in [5.41, 5.74) is 0.943.